The highest BCUT2D eigenvalue weighted by molar-refractivity contribution is 5.95. The molecular weight excluding hydrogens is 190 g/mol. The van der Waals surface area contributed by atoms with Gasteiger partial charge in [-0.1, -0.05) is 0 Å². The van der Waals surface area contributed by atoms with Crippen molar-refractivity contribution in [2.75, 3.05) is 0 Å². The van der Waals surface area contributed by atoms with Gasteiger partial charge in [-0.05, 0) is 26.7 Å². The van der Waals surface area contributed by atoms with Gasteiger partial charge in [-0.2, -0.15) is 5.10 Å². The zero-order valence-electron chi connectivity index (χ0n) is 9.44. The lowest BCUT2D eigenvalue weighted by atomic mass is 10.1. The Hall–Kier alpha value is -1.16. The van der Waals surface area contributed by atoms with E-state index in [9.17, 15) is 4.79 Å². The van der Waals surface area contributed by atoms with E-state index in [1.165, 1.54) is 0 Å². The monoisotopic (exact) mass is 209 g/mol. The zero-order valence-corrected chi connectivity index (χ0v) is 9.44. The van der Waals surface area contributed by atoms with Crippen LogP contribution in [-0.4, -0.2) is 21.6 Å². The predicted octanol–water partition coefficient (Wildman–Crippen LogP) is 1.60. The van der Waals surface area contributed by atoms with Crippen LogP contribution in [0.15, 0.2) is 12.4 Å². The molecule has 0 aliphatic carbocycles. The lowest BCUT2D eigenvalue weighted by molar-refractivity contribution is 0.0979. The van der Waals surface area contributed by atoms with Crippen molar-refractivity contribution >= 4 is 5.78 Å². The fourth-order valence-electron chi connectivity index (χ4n) is 1.41. The number of aromatic nitrogens is 2. The molecule has 0 spiro atoms. The molecule has 1 heterocycles. The molecule has 1 unspecified atom stereocenters. The van der Waals surface area contributed by atoms with Crippen LogP contribution in [0.1, 0.15) is 43.5 Å². The van der Waals surface area contributed by atoms with E-state index >= 15 is 0 Å². The Balaban J connectivity index is 2.40. The second kappa shape index (κ2) is 5.66. The van der Waals surface area contributed by atoms with Gasteiger partial charge in [0.1, 0.15) is 0 Å². The number of hydrogen-bond acceptors (Lipinski definition) is 3. The van der Waals surface area contributed by atoms with Crippen molar-refractivity contribution in [3.8, 4) is 0 Å². The van der Waals surface area contributed by atoms with Crippen molar-refractivity contribution in [3.05, 3.63) is 18.0 Å². The van der Waals surface area contributed by atoms with Crippen molar-refractivity contribution < 1.29 is 4.79 Å². The van der Waals surface area contributed by atoms with Gasteiger partial charge in [0, 0.05) is 25.2 Å². The lowest BCUT2D eigenvalue weighted by Gasteiger charge is -2.02. The molecule has 0 saturated carbocycles. The Morgan fingerprint density at radius 2 is 2.40 bits per heavy atom. The van der Waals surface area contributed by atoms with E-state index in [0.717, 1.165) is 19.4 Å². The van der Waals surface area contributed by atoms with E-state index < -0.39 is 0 Å². The van der Waals surface area contributed by atoms with Gasteiger partial charge in [-0.15, -0.1) is 0 Å². The average molecular weight is 209 g/mol. The van der Waals surface area contributed by atoms with Crippen LogP contribution in [0.5, 0.6) is 0 Å². The van der Waals surface area contributed by atoms with Gasteiger partial charge in [0.2, 0.25) is 0 Å². The van der Waals surface area contributed by atoms with Gasteiger partial charge in [0.15, 0.2) is 5.78 Å². The summed E-state index contributed by atoms with van der Waals surface area (Å²) in [4.78, 5) is 11.7. The van der Waals surface area contributed by atoms with Crippen LogP contribution in [0, 0.1) is 0 Å². The molecule has 0 fully saturated rings. The summed E-state index contributed by atoms with van der Waals surface area (Å²) in [5.74, 6) is 0.162. The normalized spacial score (nSPS) is 12.7. The number of hydrogen-bond donors (Lipinski definition) is 1. The number of aryl methyl sites for hydroxylation is 1. The molecule has 0 aromatic carbocycles. The van der Waals surface area contributed by atoms with Crippen LogP contribution in [0.3, 0.4) is 0 Å². The highest BCUT2D eigenvalue weighted by Crippen LogP contribution is 2.07. The molecule has 4 heteroatoms. The quantitative estimate of drug-likeness (QED) is 0.724. The number of nitrogens with two attached hydrogens (primary N) is 1. The number of Topliss-reactive ketones (excluding diaryl/α,β-unsaturated/α-hetero) is 1. The third-order valence-corrected chi connectivity index (χ3v) is 2.34. The maximum Gasteiger partial charge on any atom is 0.166 e. The number of nitrogens with zero attached hydrogens (tertiary/aromatic N) is 2. The highest BCUT2D eigenvalue weighted by Gasteiger charge is 2.08. The summed E-state index contributed by atoms with van der Waals surface area (Å²) in [6.07, 6.45) is 5.75. The molecular formula is C11H19N3O. The summed E-state index contributed by atoms with van der Waals surface area (Å²) >= 11 is 0. The summed E-state index contributed by atoms with van der Waals surface area (Å²) in [5.41, 5.74) is 6.32. The highest BCUT2D eigenvalue weighted by atomic mass is 16.1. The van der Waals surface area contributed by atoms with Gasteiger partial charge >= 0.3 is 0 Å². The molecule has 0 amide bonds. The Bertz CT molecular complexity index is 317. The maximum atomic E-state index is 11.7. The molecule has 1 rings (SSSR count). The maximum absolute atomic E-state index is 11.7. The first-order valence-corrected chi connectivity index (χ1v) is 5.44. The van der Waals surface area contributed by atoms with Crippen LogP contribution < -0.4 is 5.73 Å². The fraction of sp³-hybridized carbons (Fsp3) is 0.636. The van der Waals surface area contributed by atoms with E-state index in [1.807, 2.05) is 13.8 Å². The van der Waals surface area contributed by atoms with Crippen molar-refractivity contribution in [2.45, 2.75) is 45.7 Å². The van der Waals surface area contributed by atoms with Crippen LogP contribution in [0.2, 0.25) is 0 Å². The SMILES string of the molecule is CCn1cc(C(=O)CCCC(C)N)cn1. The first-order valence-electron chi connectivity index (χ1n) is 5.44. The van der Waals surface area contributed by atoms with Crippen molar-refractivity contribution in [1.29, 1.82) is 0 Å². The Morgan fingerprint density at radius 1 is 1.67 bits per heavy atom. The van der Waals surface area contributed by atoms with Crippen molar-refractivity contribution in [3.63, 3.8) is 0 Å². The van der Waals surface area contributed by atoms with Gasteiger partial charge in [-0.3, -0.25) is 9.48 Å². The smallest absolute Gasteiger partial charge is 0.166 e. The molecule has 2 N–H and O–H groups in total. The van der Waals surface area contributed by atoms with E-state index in [4.69, 9.17) is 5.73 Å². The van der Waals surface area contributed by atoms with Crippen molar-refractivity contribution in [1.82, 2.24) is 9.78 Å². The van der Waals surface area contributed by atoms with Crippen molar-refractivity contribution in [2.24, 2.45) is 5.73 Å². The minimum Gasteiger partial charge on any atom is -0.328 e. The number of carbonyl (C=O) groups excluding carboxylic acids is 1. The summed E-state index contributed by atoms with van der Waals surface area (Å²) in [5, 5.41) is 4.07. The van der Waals surface area contributed by atoms with Gasteiger partial charge in [-0.25, -0.2) is 0 Å². The van der Waals surface area contributed by atoms with E-state index in [1.54, 1.807) is 17.1 Å². The molecule has 0 bridgehead atoms. The Labute approximate surface area is 90.5 Å². The zero-order chi connectivity index (χ0) is 11.3. The molecule has 0 saturated heterocycles. The molecule has 4 nitrogen and oxygen atoms in total. The molecule has 0 radical (unpaired) electrons. The number of rotatable bonds is 6. The first kappa shape index (κ1) is 11.9. The summed E-state index contributed by atoms with van der Waals surface area (Å²) in [7, 11) is 0. The summed E-state index contributed by atoms with van der Waals surface area (Å²) in [6.45, 7) is 4.75. The predicted molar refractivity (Wildman–Crippen MR) is 59.7 cm³/mol. The Kier molecular flexibility index (Phi) is 4.49. The van der Waals surface area contributed by atoms with E-state index in [0.29, 0.717) is 12.0 Å². The van der Waals surface area contributed by atoms with Gasteiger partial charge in [0.25, 0.3) is 0 Å². The fourth-order valence-corrected chi connectivity index (χ4v) is 1.41. The second-order valence-corrected chi connectivity index (χ2v) is 3.88. The first-order chi connectivity index (χ1) is 7.13. The minimum absolute atomic E-state index is 0.162. The third-order valence-electron chi connectivity index (χ3n) is 2.34. The molecule has 1 atom stereocenters. The topological polar surface area (TPSA) is 60.9 Å². The van der Waals surface area contributed by atoms with Crippen LogP contribution in [0.4, 0.5) is 0 Å². The van der Waals surface area contributed by atoms with Crippen LogP contribution in [-0.2, 0) is 6.54 Å². The largest absolute Gasteiger partial charge is 0.328 e. The molecule has 0 aliphatic rings. The lowest BCUT2D eigenvalue weighted by Crippen LogP contribution is -2.14. The third kappa shape index (κ3) is 3.83. The molecule has 1 aromatic heterocycles. The van der Waals surface area contributed by atoms with Crippen LogP contribution >= 0.6 is 0 Å². The minimum atomic E-state index is 0.162. The standard InChI is InChI=1S/C11H19N3O/c1-3-14-8-10(7-13-14)11(15)6-4-5-9(2)12/h7-9H,3-6,12H2,1-2H3. The number of ketones is 1. The molecule has 0 aliphatic heterocycles. The van der Waals surface area contributed by atoms with E-state index in [2.05, 4.69) is 5.10 Å². The average Bonchev–Trinajstić information content (AvgIpc) is 2.65. The summed E-state index contributed by atoms with van der Waals surface area (Å²) < 4.78 is 1.76. The number of carbonyl (C=O) groups is 1. The molecule has 84 valence electrons. The van der Waals surface area contributed by atoms with Gasteiger partial charge < -0.3 is 5.73 Å². The van der Waals surface area contributed by atoms with E-state index in [-0.39, 0.29) is 11.8 Å². The Morgan fingerprint density at radius 3 is 2.93 bits per heavy atom. The second-order valence-electron chi connectivity index (χ2n) is 3.88. The summed E-state index contributed by atoms with van der Waals surface area (Å²) in [6, 6.07) is 0.177. The van der Waals surface area contributed by atoms with Crippen LogP contribution in [0.25, 0.3) is 0 Å². The van der Waals surface area contributed by atoms with Gasteiger partial charge in [0.05, 0.1) is 11.8 Å². The molecule has 15 heavy (non-hydrogen) atoms. The molecule has 1 aromatic rings.